The first kappa shape index (κ1) is 34.5. The molecule has 3 nitrogen and oxygen atoms in total. The fraction of sp³-hybridized carbons (Fsp3) is 0.364. The van der Waals surface area contributed by atoms with E-state index in [1.54, 1.807) is 0 Å². The highest BCUT2D eigenvalue weighted by Gasteiger charge is 2.32. The first-order valence-corrected chi connectivity index (χ1v) is 17.9. The minimum Gasteiger partial charge on any atom is -0.461 e. The zero-order valence-electron chi connectivity index (χ0n) is 28.3. The molecule has 2 atom stereocenters. The van der Waals surface area contributed by atoms with Crippen LogP contribution in [0.2, 0.25) is 0 Å². The van der Waals surface area contributed by atoms with Crippen molar-refractivity contribution in [2.24, 2.45) is 23.7 Å². The average Bonchev–Trinajstić information content (AvgIpc) is 3.17. The van der Waals surface area contributed by atoms with E-state index in [1.807, 2.05) is 72.8 Å². The Hall–Kier alpha value is -4.38. The Morgan fingerprint density at radius 1 is 0.571 bits per heavy atom. The van der Waals surface area contributed by atoms with E-state index in [2.05, 4.69) is 37.5 Å². The van der Waals surface area contributed by atoms with Crippen molar-refractivity contribution in [3.63, 3.8) is 0 Å². The molecule has 256 valence electrons. The van der Waals surface area contributed by atoms with Crippen LogP contribution in [-0.2, 0) is 4.74 Å². The molecule has 0 radical (unpaired) electrons. The Morgan fingerprint density at radius 2 is 0.959 bits per heavy atom. The van der Waals surface area contributed by atoms with Crippen LogP contribution >= 0.6 is 0 Å². The largest absolute Gasteiger partial charge is 0.461 e. The van der Waals surface area contributed by atoms with Crippen molar-refractivity contribution in [1.82, 2.24) is 0 Å². The van der Waals surface area contributed by atoms with Gasteiger partial charge in [-0.3, -0.25) is 0 Å². The second-order valence-electron chi connectivity index (χ2n) is 13.6. The van der Waals surface area contributed by atoms with Crippen LogP contribution in [0.3, 0.4) is 0 Å². The first-order chi connectivity index (χ1) is 24.0. The van der Waals surface area contributed by atoms with Crippen LogP contribution in [0.4, 0.5) is 8.78 Å². The molecule has 0 aromatic heterocycles. The summed E-state index contributed by atoms with van der Waals surface area (Å²) in [6, 6.07) is 19.8. The lowest BCUT2D eigenvalue weighted by Gasteiger charge is -2.32. The predicted octanol–water partition coefficient (Wildman–Crippen LogP) is 12.0. The Bertz CT molecular complexity index is 1490. The van der Waals surface area contributed by atoms with Gasteiger partial charge in [0.05, 0.1) is 0 Å². The van der Waals surface area contributed by atoms with Gasteiger partial charge in [-0.15, -0.1) is 13.2 Å². The number of hydrogen-bond acceptors (Lipinski definition) is 3. The van der Waals surface area contributed by atoms with Crippen LogP contribution in [0, 0.1) is 23.7 Å². The van der Waals surface area contributed by atoms with Crippen LogP contribution in [0.25, 0.3) is 0 Å². The highest BCUT2D eigenvalue weighted by Crippen LogP contribution is 2.41. The second kappa shape index (κ2) is 16.8. The Kier molecular flexibility index (Phi) is 11.8. The maximum absolute atomic E-state index is 14.3. The molecule has 5 heteroatoms. The molecular formula is C44H48F2O3. The monoisotopic (exact) mass is 662 g/mol. The third kappa shape index (κ3) is 9.00. The summed E-state index contributed by atoms with van der Waals surface area (Å²) >= 11 is 0. The van der Waals surface area contributed by atoms with E-state index >= 15 is 0 Å². The van der Waals surface area contributed by atoms with Gasteiger partial charge in [0.2, 0.25) is 0 Å². The summed E-state index contributed by atoms with van der Waals surface area (Å²) in [5.74, 6) is 5.71. The van der Waals surface area contributed by atoms with Crippen molar-refractivity contribution in [3.05, 3.63) is 157 Å². The maximum Gasteiger partial charge on any atom is 0.126 e. The topological polar surface area (TPSA) is 27.7 Å². The lowest BCUT2D eigenvalue weighted by molar-refractivity contribution is 0.179. The van der Waals surface area contributed by atoms with Gasteiger partial charge in [0.15, 0.2) is 0 Å². The lowest BCUT2D eigenvalue weighted by atomic mass is 9.78. The quantitative estimate of drug-likeness (QED) is 0.167. The summed E-state index contributed by atoms with van der Waals surface area (Å²) in [5, 5.41) is 0. The minimum atomic E-state index is -0.949. The van der Waals surface area contributed by atoms with E-state index < -0.39 is 12.3 Å². The number of ether oxygens (including phenoxy) is 3. The molecule has 2 unspecified atom stereocenters. The smallest absolute Gasteiger partial charge is 0.126 e. The maximum atomic E-state index is 14.3. The van der Waals surface area contributed by atoms with E-state index in [1.165, 1.54) is 12.2 Å². The van der Waals surface area contributed by atoms with Gasteiger partial charge in [-0.2, -0.15) is 0 Å². The first-order valence-electron chi connectivity index (χ1n) is 17.9. The standard InChI is InChI=1S/C44H48F2O3/c1-3-41(45)31-15-19-33(20-16-31)43(48-37-11-7-5-8-12-37)35-23-27-39(28-24-35)47-40-29-25-36(26-30-40)44(49-38-13-9-6-10-14-38)34-21-17-32(18-22-34)42(46)4-2/h3-14,23,25,27-34,41-42H,1-2,15-22,24,26H2. The van der Waals surface area contributed by atoms with Gasteiger partial charge in [0, 0.05) is 11.8 Å². The molecule has 0 amide bonds. The number of alkyl halides is 2. The predicted molar refractivity (Wildman–Crippen MR) is 194 cm³/mol. The average molecular weight is 663 g/mol. The Balaban J connectivity index is 1.13. The second-order valence-corrected chi connectivity index (χ2v) is 13.6. The van der Waals surface area contributed by atoms with E-state index in [9.17, 15) is 8.78 Å². The summed E-state index contributed by atoms with van der Waals surface area (Å²) in [6.07, 6.45) is 21.7. The van der Waals surface area contributed by atoms with Gasteiger partial charge in [0.1, 0.15) is 46.9 Å². The van der Waals surface area contributed by atoms with E-state index in [4.69, 9.17) is 14.2 Å². The van der Waals surface area contributed by atoms with Crippen LogP contribution in [0.5, 0.6) is 11.5 Å². The molecular weight excluding hydrogens is 614 g/mol. The summed E-state index contributed by atoms with van der Waals surface area (Å²) in [4.78, 5) is 0. The molecule has 0 N–H and O–H groups in total. The fourth-order valence-corrected chi connectivity index (χ4v) is 7.55. The summed E-state index contributed by atoms with van der Waals surface area (Å²) in [6.45, 7) is 7.32. The number of hydrogen-bond donors (Lipinski definition) is 0. The Labute approximate surface area is 290 Å². The molecule has 4 aliphatic carbocycles. The van der Waals surface area contributed by atoms with Crippen molar-refractivity contribution in [1.29, 1.82) is 0 Å². The molecule has 0 spiro atoms. The molecule has 0 saturated heterocycles. The minimum absolute atomic E-state index is 0.0353. The molecule has 2 saturated carbocycles. The number of allylic oxidation sites excluding steroid dienone is 12. The van der Waals surface area contributed by atoms with Crippen LogP contribution in [0.1, 0.15) is 64.2 Å². The van der Waals surface area contributed by atoms with Crippen LogP contribution < -0.4 is 9.47 Å². The number of rotatable bonds is 12. The third-order valence-electron chi connectivity index (χ3n) is 10.4. The molecule has 2 fully saturated rings. The zero-order valence-corrected chi connectivity index (χ0v) is 28.3. The zero-order chi connectivity index (χ0) is 34.0. The molecule has 49 heavy (non-hydrogen) atoms. The van der Waals surface area contributed by atoms with Gasteiger partial charge < -0.3 is 14.2 Å². The normalized spacial score (nSPS) is 27.1. The fourth-order valence-electron chi connectivity index (χ4n) is 7.55. The molecule has 0 bridgehead atoms. The van der Waals surface area contributed by atoms with E-state index in [0.717, 1.165) is 97.0 Å². The summed E-state index contributed by atoms with van der Waals surface area (Å²) < 4.78 is 48.1. The van der Waals surface area contributed by atoms with Gasteiger partial charge in [-0.25, -0.2) is 8.78 Å². The van der Waals surface area contributed by atoms with Crippen molar-refractivity contribution >= 4 is 0 Å². The van der Waals surface area contributed by atoms with Gasteiger partial charge in [0.25, 0.3) is 0 Å². The molecule has 0 heterocycles. The van der Waals surface area contributed by atoms with Crippen molar-refractivity contribution in [3.8, 4) is 11.5 Å². The number of para-hydroxylation sites is 2. The highest BCUT2D eigenvalue weighted by molar-refractivity contribution is 5.41. The van der Waals surface area contributed by atoms with Crippen molar-refractivity contribution in [2.75, 3.05) is 0 Å². The lowest BCUT2D eigenvalue weighted by Crippen LogP contribution is -2.24. The molecule has 6 rings (SSSR count). The Morgan fingerprint density at radius 3 is 1.29 bits per heavy atom. The third-order valence-corrected chi connectivity index (χ3v) is 10.4. The number of halogens is 2. The highest BCUT2D eigenvalue weighted by atomic mass is 19.1. The van der Waals surface area contributed by atoms with Crippen LogP contribution in [0.15, 0.2) is 157 Å². The van der Waals surface area contributed by atoms with E-state index in [-0.39, 0.29) is 23.7 Å². The molecule has 2 aromatic rings. The van der Waals surface area contributed by atoms with Crippen molar-refractivity contribution in [2.45, 2.75) is 76.6 Å². The SMILES string of the molecule is C=CC(F)C1CCC(C(Oc2ccccc2)=C2C=CC(OC3=CCC(=C(Oc4ccccc4)C4CCC(C(F)C=C)CC4)C=C3)=CC2)CC1. The van der Waals surface area contributed by atoms with Gasteiger partial charge in [-0.05, 0) is 136 Å². The molecule has 0 aliphatic heterocycles. The van der Waals surface area contributed by atoms with Crippen molar-refractivity contribution < 1.29 is 23.0 Å². The summed E-state index contributed by atoms with van der Waals surface area (Å²) in [5.41, 5.74) is 2.26. The number of benzene rings is 2. The van der Waals surface area contributed by atoms with E-state index in [0.29, 0.717) is 12.8 Å². The molecule has 2 aromatic carbocycles. The van der Waals surface area contributed by atoms with Gasteiger partial charge >= 0.3 is 0 Å². The summed E-state index contributed by atoms with van der Waals surface area (Å²) in [7, 11) is 0. The van der Waals surface area contributed by atoms with Crippen LogP contribution in [-0.4, -0.2) is 12.3 Å². The molecule has 4 aliphatic rings. The van der Waals surface area contributed by atoms with Gasteiger partial charge in [-0.1, -0.05) is 60.7 Å².